The van der Waals surface area contributed by atoms with E-state index in [4.69, 9.17) is 0 Å². The van der Waals surface area contributed by atoms with Crippen molar-refractivity contribution in [3.63, 3.8) is 0 Å². The van der Waals surface area contributed by atoms with Crippen molar-refractivity contribution in [2.45, 2.75) is 51.2 Å². The van der Waals surface area contributed by atoms with Gasteiger partial charge in [-0.15, -0.1) is 6.58 Å². The molecule has 0 aliphatic rings. The molecule has 0 saturated heterocycles. The molecule has 1 aromatic rings. The van der Waals surface area contributed by atoms with Crippen LogP contribution in [0.5, 0.6) is 0 Å². The number of aromatic nitrogens is 1. The highest BCUT2D eigenvalue weighted by atomic mass is 32.2. The monoisotopic (exact) mass is 313 g/mol. The van der Waals surface area contributed by atoms with Gasteiger partial charge in [0.05, 0.1) is 0 Å². The highest BCUT2D eigenvalue weighted by molar-refractivity contribution is 7.89. The molecule has 0 atom stereocenters. The Labute approximate surface area is 128 Å². The topological polar surface area (TPSA) is 54.3 Å². The van der Waals surface area contributed by atoms with Crippen molar-refractivity contribution >= 4 is 10.0 Å². The van der Waals surface area contributed by atoms with Gasteiger partial charge in [-0.3, -0.25) is 0 Å². The molecule has 0 aliphatic heterocycles. The van der Waals surface area contributed by atoms with Gasteiger partial charge in [-0.05, 0) is 40.8 Å². The molecule has 0 spiro atoms. The van der Waals surface area contributed by atoms with E-state index in [0.717, 1.165) is 5.69 Å². The summed E-state index contributed by atoms with van der Waals surface area (Å²) in [6.45, 7) is 12.4. The summed E-state index contributed by atoms with van der Waals surface area (Å²) in [5, 5.41) is 3.08. The van der Waals surface area contributed by atoms with Gasteiger partial charge in [0, 0.05) is 37.1 Å². The summed E-state index contributed by atoms with van der Waals surface area (Å²) in [7, 11) is -1.65. The van der Waals surface area contributed by atoms with E-state index in [1.165, 1.54) is 4.31 Å². The Morgan fingerprint density at radius 3 is 2.43 bits per heavy atom. The number of hydrogen-bond acceptors (Lipinski definition) is 3. The SMILES string of the molecule is C=CCN(C(C)C)S(=O)(=O)c1cc(CNC)n(C(C)C)c1. The first-order valence-corrected chi connectivity index (χ1v) is 8.67. The molecule has 21 heavy (non-hydrogen) atoms. The van der Waals surface area contributed by atoms with Crippen LogP contribution in [0.2, 0.25) is 0 Å². The Morgan fingerprint density at radius 2 is 2.00 bits per heavy atom. The molecule has 0 amide bonds. The van der Waals surface area contributed by atoms with E-state index in [1.807, 2.05) is 39.3 Å². The number of sulfonamides is 1. The van der Waals surface area contributed by atoms with Crippen molar-refractivity contribution in [2.75, 3.05) is 13.6 Å². The van der Waals surface area contributed by atoms with Gasteiger partial charge >= 0.3 is 0 Å². The highest BCUT2D eigenvalue weighted by Gasteiger charge is 2.28. The van der Waals surface area contributed by atoms with Crippen LogP contribution in [-0.2, 0) is 16.6 Å². The first-order valence-electron chi connectivity index (χ1n) is 7.23. The minimum absolute atomic E-state index is 0.108. The number of nitrogens with zero attached hydrogens (tertiary/aromatic N) is 2. The van der Waals surface area contributed by atoms with Crippen LogP contribution in [0.15, 0.2) is 29.8 Å². The number of rotatable bonds is 8. The fourth-order valence-corrected chi connectivity index (χ4v) is 3.95. The Bertz CT molecular complexity index is 574. The van der Waals surface area contributed by atoms with Gasteiger partial charge in [0.2, 0.25) is 10.0 Å². The average Bonchev–Trinajstić information content (AvgIpc) is 2.80. The summed E-state index contributed by atoms with van der Waals surface area (Å²) < 4.78 is 29.1. The van der Waals surface area contributed by atoms with Crippen molar-refractivity contribution in [3.8, 4) is 0 Å². The van der Waals surface area contributed by atoms with Gasteiger partial charge < -0.3 is 9.88 Å². The maximum absolute atomic E-state index is 12.8. The lowest BCUT2D eigenvalue weighted by atomic mass is 10.3. The van der Waals surface area contributed by atoms with Gasteiger partial charge in [0.25, 0.3) is 0 Å². The van der Waals surface area contributed by atoms with Crippen LogP contribution >= 0.6 is 0 Å². The van der Waals surface area contributed by atoms with E-state index in [-0.39, 0.29) is 12.1 Å². The molecule has 0 unspecified atom stereocenters. The van der Waals surface area contributed by atoms with Crippen molar-refractivity contribution in [2.24, 2.45) is 0 Å². The van der Waals surface area contributed by atoms with Crippen LogP contribution in [0.4, 0.5) is 0 Å². The summed E-state index contributed by atoms with van der Waals surface area (Å²) in [6.07, 6.45) is 3.34. The fourth-order valence-electron chi connectivity index (χ4n) is 2.29. The lowest BCUT2D eigenvalue weighted by molar-refractivity contribution is 0.382. The van der Waals surface area contributed by atoms with Gasteiger partial charge in [-0.2, -0.15) is 4.31 Å². The highest BCUT2D eigenvalue weighted by Crippen LogP contribution is 2.23. The molecule has 1 rings (SSSR count). The number of hydrogen-bond donors (Lipinski definition) is 1. The predicted octanol–water partition coefficient (Wildman–Crippen LogP) is 2.37. The maximum atomic E-state index is 12.8. The van der Waals surface area contributed by atoms with Crippen LogP contribution < -0.4 is 5.32 Å². The summed E-state index contributed by atoms with van der Waals surface area (Å²) in [5.41, 5.74) is 0.966. The summed E-state index contributed by atoms with van der Waals surface area (Å²) in [4.78, 5) is 0.344. The molecule has 120 valence electrons. The summed E-state index contributed by atoms with van der Waals surface area (Å²) >= 11 is 0. The third-order valence-electron chi connectivity index (χ3n) is 3.31. The molecule has 0 aliphatic carbocycles. The minimum atomic E-state index is -3.50. The zero-order valence-corrected chi connectivity index (χ0v) is 14.4. The van der Waals surface area contributed by atoms with E-state index in [2.05, 4.69) is 11.9 Å². The molecule has 0 radical (unpaired) electrons. The summed E-state index contributed by atoms with van der Waals surface area (Å²) in [5.74, 6) is 0. The smallest absolute Gasteiger partial charge is 0.245 e. The fraction of sp³-hybridized carbons (Fsp3) is 0.600. The second-order valence-electron chi connectivity index (χ2n) is 5.66. The predicted molar refractivity (Wildman–Crippen MR) is 86.8 cm³/mol. The van der Waals surface area contributed by atoms with E-state index < -0.39 is 10.0 Å². The second kappa shape index (κ2) is 7.24. The molecular formula is C15H27N3O2S. The van der Waals surface area contributed by atoms with Crippen LogP contribution in [0.3, 0.4) is 0 Å². The zero-order valence-electron chi connectivity index (χ0n) is 13.6. The van der Waals surface area contributed by atoms with Crippen LogP contribution in [-0.4, -0.2) is 36.9 Å². The van der Waals surface area contributed by atoms with Crippen LogP contribution in [0, 0.1) is 0 Å². The van der Waals surface area contributed by atoms with Crippen molar-refractivity contribution in [3.05, 3.63) is 30.6 Å². The molecule has 0 aromatic carbocycles. The maximum Gasteiger partial charge on any atom is 0.245 e. The van der Waals surface area contributed by atoms with E-state index in [9.17, 15) is 8.42 Å². The van der Waals surface area contributed by atoms with Crippen molar-refractivity contribution < 1.29 is 8.42 Å². The lowest BCUT2D eigenvalue weighted by Crippen LogP contribution is -2.36. The van der Waals surface area contributed by atoms with E-state index in [1.54, 1.807) is 18.3 Å². The molecule has 0 fully saturated rings. The quantitative estimate of drug-likeness (QED) is 0.750. The van der Waals surface area contributed by atoms with Crippen LogP contribution in [0.1, 0.15) is 39.4 Å². The first-order chi connectivity index (χ1) is 9.75. The Balaban J connectivity index is 3.30. The van der Waals surface area contributed by atoms with E-state index in [0.29, 0.717) is 18.0 Å². The third kappa shape index (κ3) is 3.96. The molecule has 0 saturated carbocycles. The zero-order chi connectivity index (χ0) is 16.2. The molecule has 1 heterocycles. The molecular weight excluding hydrogens is 286 g/mol. The molecule has 1 N–H and O–H groups in total. The van der Waals surface area contributed by atoms with Crippen molar-refractivity contribution in [1.82, 2.24) is 14.2 Å². The second-order valence-corrected chi connectivity index (χ2v) is 7.55. The first kappa shape index (κ1) is 17.9. The largest absolute Gasteiger partial charge is 0.346 e. The Hall–Kier alpha value is -1.11. The van der Waals surface area contributed by atoms with E-state index >= 15 is 0 Å². The average molecular weight is 313 g/mol. The Kier molecular flexibility index (Phi) is 6.19. The normalized spacial score (nSPS) is 12.6. The third-order valence-corrected chi connectivity index (χ3v) is 5.32. The van der Waals surface area contributed by atoms with Crippen molar-refractivity contribution in [1.29, 1.82) is 0 Å². The summed E-state index contributed by atoms with van der Waals surface area (Å²) in [6, 6.07) is 1.86. The molecule has 1 aromatic heterocycles. The Morgan fingerprint density at radius 1 is 1.38 bits per heavy atom. The lowest BCUT2D eigenvalue weighted by Gasteiger charge is -2.23. The van der Waals surface area contributed by atoms with Gasteiger partial charge in [0.15, 0.2) is 0 Å². The van der Waals surface area contributed by atoms with Crippen LogP contribution in [0.25, 0.3) is 0 Å². The molecule has 0 bridgehead atoms. The molecule has 6 heteroatoms. The standard InChI is InChI=1S/C15H27N3O2S/c1-7-8-18(13(4)5)21(19,20)15-9-14(10-16-6)17(11-15)12(2)3/h7,9,11-13,16H,1,8,10H2,2-6H3. The van der Waals surface area contributed by atoms with Gasteiger partial charge in [0.1, 0.15) is 4.90 Å². The van der Waals surface area contributed by atoms with Gasteiger partial charge in [-0.25, -0.2) is 8.42 Å². The molecule has 5 nitrogen and oxygen atoms in total. The number of nitrogens with one attached hydrogen (secondary N) is 1. The minimum Gasteiger partial charge on any atom is -0.346 e. The van der Waals surface area contributed by atoms with Gasteiger partial charge in [-0.1, -0.05) is 6.08 Å².